The van der Waals surface area contributed by atoms with E-state index in [1.165, 1.54) is 11.3 Å². The van der Waals surface area contributed by atoms with Crippen molar-refractivity contribution in [2.24, 2.45) is 0 Å². The van der Waals surface area contributed by atoms with E-state index in [1.54, 1.807) is 17.0 Å². The van der Waals surface area contributed by atoms with Crippen molar-refractivity contribution >= 4 is 28.8 Å². The number of aliphatic hydroxyl groups excluding tert-OH is 1. The van der Waals surface area contributed by atoms with Gasteiger partial charge in [-0.3, -0.25) is 4.79 Å². The first-order chi connectivity index (χ1) is 6.66. The molecular formula is C9H10ClNO2S. The third kappa shape index (κ3) is 1.92. The number of amides is 1. The van der Waals surface area contributed by atoms with Gasteiger partial charge in [0, 0.05) is 13.1 Å². The molecular weight excluding hydrogens is 222 g/mol. The number of carbonyl (C=O) groups excluding carboxylic acids is 1. The summed E-state index contributed by atoms with van der Waals surface area (Å²) in [6.45, 7) is 1.07. The highest BCUT2D eigenvalue weighted by atomic mass is 35.5. The molecule has 1 atom stereocenters. The number of nitrogens with zero attached hydrogens (tertiary/aromatic N) is 1. The van der Waals surface area contributed by atoms with Crippen molar-refractivity contribution in [2.45, 2.75) is 12.5 Å². The van der Waals surface area contributed by atoms with Gasteiger partial charge in [0.2, 0.25) is 0 Å². The number of aliphatic hydroxyl groups is 1. The zero-order valence-corrected chi connectivity index (χ0v) is 9.01. The SMILES string of the molecule is O=C(c1ccc(Cl)s1)N1CC[C@@H](O)C1. The van der Waals surface area contributed by atoms with Crippen LogP contribution in [0.15, 0.2) is 12.1 Å². The number of likely N-dealkylation sites (tertiary alicyclic amines) is 1. The van der Waals surface area contributed by atoms with Crippen molar-refractivity contribution < 1.29 is 9.90 Å². The van der Waals surface area contributed by atoms with Crippen molar-refractivity contribution in [3.8, 4) is 0 Å². The minimum Gasteiger partial charge on any atom is -0.391 e. The fourth-order valence-electron chi connectivity index (χ4n) is 1.51. The number of rotatable bonds is 1. The summed E-state index contributed by atoms with van der Waals surface area (Å²) in [6.07, 6.45) is 0.305. The maximum Gasteiger partial charge on any atom is 0.264 e. The Balaban J connectivity index is 2.09. The molecule has 1 N–H and O–H groups in total. The summed E-state index contributed by atoms with van der Waals surface area (Å²) in [7, 11) is 0. The van der Waals surface area contributed by atoms with Gasteiger partial charge in [-0.1, -0.05) is 11.6 Å². The Bertz CT molecular complexity index is 352. The standard InChI is InChI=1S/C9H10ClNO2S/c10-8-2-1-7(14-8)9(13)11-4-3-6(12)5-11/h1-2,6,12H,3-5H2/t6-/m1/s1. The van der Waals surface area contributed by atoms with Crippen molar-refractivity contribution in [3.05, 3.63) is 21.3 Å². The first-order valence-electron chi connectivity index (χ1n) is 4.39. The van der Waals surface area contributed by atoms with Gasteiger partial charge in [0.25, 0.3) is 5.91 Å². The van der Waals surface area contributed by atoms with Gasteiger partial charge in [-0.05, 0) is 18.6 Å². The molecule has 3 nitrogen and oxygen atoms in total. The third-order valence-corrected chi connectivity index (χ3v) is 3.45. The van der Waals surface area contributed by atoms with Crippen LogP contribution in [0.4, 0.5) is 0 Å². The van der Waals surface area contributed by atoms with Gasteiger partial charge in [0.1, 0.15) is 0 Å². The summed E-state index contributed by atoms with van der Waals surface area (Å²) in [4.78, 5) is 14.1. The molecule has 76 valence electrons. The second kappa shape index (κ2) is 3.88. The Morgan fingerprint density at radius 3 is 2.93 bits per heavy atom. The molecule has 0 aliphatic carbocycles. The van der Waals surface area contributed by atoms with Crippen LogP contribution in [0.3, 0.4) is 0 Å². The molecule has 0 unspecified atom stereocenters. The molecule has 1 aliphatic heterocycles. The number of thiophene rings is 1. The number of hydrogen-bond donors (Lipinski definition) is 1. The lowest BCUT2D eigenvalue weighted by atomic mass is 10.3. The number of halogens is 1. The van der Waals surface area contributed by atoms with E-state index >= 15 is 0 Å². The first-order valence-corrected chi connectivity index (χ1v) is 5.59. The van der Waals surface area contributed by atoms with Gasteiger partial charge in [-0.2, -0.15) is 0 Å². The number of β-amino-alcohol motifs (C(OH)–C–C–N with tert-alkyl or cyclic N) is 1. The largest absolute Gasteiger partial charge is 0.391 e. The smallest absolute Gasteiger partial charge is 0.264 e. The summed E-state index contributed by atoms with van der Waals surface area (Å²) in [6, 6.07) is 3.44. The molecule has 5 heteroatoms. The number of hydrogen-bond acceptors (Lipinski definition) is 3. The average molecular weight is 232 g/mol. The molecule has 0 aromatic carbocycles. The van der Waals surface area contributed by atoms with Crippen LogP contribution < -0.4 is 0 Å². The van der Waals surface area contributed by atoms with Crippen LogP contribution in [0, 0.1) is 0 Å². The van der Waals surface area contributed by atoms with E-state index in [-0.39, 0.29) is 12.0 Å². The van der Waals surface area contributed by atoms with Crippen LogP contribution in [0.2, 0.25) is 4.34 Å². The zero-order chi connectivity index (χ0) is 10.1. The maximum atomic E-state index is 11.8. The van der Waals surface area contributed by atoms with Gasteiger partial charge < -0.3 is 10.0 Å². The van der Waals surface area contributed by atoms with Gasteiger partial charge >= 0.3 is 0 Å². The van der Waals surface area contributed by atoms with Crippen LogP contribution in [0.5, 0.6) is 0 Å². The van der Waals surface area contributed by atoms with E-state index in [0.717, 1.165) is 0 Å². The molecule has 1 fully saturated rings. The maximum absolute atomic E-state index is 11.8. The van der Waals surface area contributed by atoms with Gasteiger partial charge in [-0.25, -0.2) is 0 Å². The van der Waals surface area contributed by atoms with E-state index in [9.17, 15) is 9.90 Å². The fourth-order valence-corrected chi connectivity index (χ4v) is 2.52. The average Bonchev–Trinajstić information content (AvgIpc) is 2.73. The second-order valence-electron chi connectivity index (χ2n) is 3.30. The molecule has 0 saturated carbocycles. The third-order valence-electron chi connectivity index (χ3n) is 2.23. The first kappa shape index (κ1) is 9.96. The van der Waals surface area contributed by atoms with Crippen LogP contribution in [-0.2, 0) is 0 Å². The monoisotopic (exact) mass is 231 g/mol. The molecule has 14 heavy (non-hydrogen) atoms. The highest BCUT2D eigenvalue weighted by Gasteiger charge is 2.25. The van der Waals surface area contributed by atoms with E-state index in [4.69, 9.17) is 11.6 Å². The fraction of sp³-hybridized carbons (Fsp3) is 0.444. The predicted octanol–water partition coefficient (Wildman–Crippen LogP) is 1.61. The Morgan fingerprint density at radius 1 is 1.64 bits per heavy atom. The van der Waals surface area contributed by atoms with Crippen molar-refractivity contribution in [3.63, 3.8) is 0 Å². The molecule has 2 heterocycles. The molecule has 2 rings (SSSR count). The van der Waals surface area contributed by atoms with Gasteiger partial charge in [0.15, 0.2) is 0 Å². The summed E-state index contributed by atoms with van der Waals surface area (Å²) < 4.78 is 0.619. The summed E-state index contributed by atoms with van der Waals surface area (Å²) in [5.41, 5.74) is 0. The lowest BCUT2D eigenvalue weighted by Gasteiger charge is -2.13. The van der Waals surface area contributed by atoms with Crippen molar-refractivity contribution in [1.29, 1.82) is 0 Å². The van der Waals surface area contributed by atoms with Gasteiger partial charge in [0.05, 0.1) is 15.3 Å². The summed E-state index contributed by atoms with van der Waals surface area (Å²) in [5, 5.41) is 9.28. The molecule has 1 aliphatic rings. The highest BCUT2D eigenvalue weighted by Crippen LogP contribution is 2.24. The Labute approximate surface area is 90.9 Å². The minimum absolute atomic E-state index is 0.0292. The van der Waals surface area contributed by atoms with E-state index in [1.807, 2.05) is 0 Å². The molecule has 1 amide bonds. The summed E-state index contributed by atoms with van der Waals surface area (Å²) in [5.74, 6) is -0.0292. The Hall–Kier alpha value is -0.580. The molecule has 0 radical (unpaired) electrons. The zero-order valence-electron chi connectivity index (χ0n) is 7.44. The normalized spacial score (nSPS) is 21.6. The Morgan fingerprint density at radius 2 is 2.43 bits per heavy atom. The minimum atomic E-state index is -0.366. The van der Waals surface area contributed by atoms with Crippen LogP contribution in [0.1, 0.15) is 16.1 Å². The summed E-state index contributed by atoms with van der Waals surface area (Å²) >= 11 is 7.01. The topological polar surface area (TPSA) is 40.5 Å². The van der Waals surface area contributed by atoms with Crippen LogP contribution in [-0.4, -0.2) is 35.1 Å². The Kier molecular flexibility index (Phi) is 2.76. The van der Waals surface area contributed by atoms with Crippen LogP contribution in [0.25, 0.3) is 0 Å². The highest BCUT2D eigenvalue weighted by molar-refractivity contribution is 7.17. The molecule has 1 aromatic rings. The molecule has 1 aromatic heterocycles. The predicted molar refractivity (Wildman–Crippen MR) is 55.9 cm³/mol. The lowest BCUT2D eigenvalue weighted by Crippen LogP contribution is -2.28. The molecule has 0 spiro atoms. The molecule has 0 bridgehead atoms. The van der Waals surface area contributed by atoms with Crippen molar-refractivity contribution in [2.75, 3.05) is 13.1 Å². The van der Waals surface area contributed by atoms with Gasteiger partial charge in [-0.15, -0.1) is 11.3 Å². The van der Waals surface area contributed by atoms with Crippen molar-refractivity contribution in [1.82, 2.24) is 4.90 Å². The second-order valence-corrected chi connectivity index (χ2v) is 5.01. The quantitative estimate of drug-likeness (QED) is 0.798. The van der Waals surface area contributed by atoms with E-state index in [2.05, 4.69) is 0 Å². The van der Waals surface area contributed by atoms with E-state index in [0.29, 0.717) is 28.7 Å². The molecule has 1 saturated heterocycles. The lowest BCUT2D eigenvalue weighted by molar-refractivity contribution is 0.0769. The number of carbonyl (C=O) groups is 1. The van der Waals surface area contributed by atoms with Crippen LogP contribution >= 0.6 is 22.9 Å². The van der Waals surface area contributed by atoms with E-state index < -0.39 is 0 Å².